The average molecular weight is 310 g/mol. The van der Waals surface area contributed by atoms with Crippen LogP contribution in [0.5, 0.6) is 0 Å². The summed E-state index contributed by atoms with van der Waals surface area (Å²) in [5.74, 6) is 0.641. The van der Waals surface area contributed by atoms with Gasteiger partial charge in [-0.1, -0.05) is 25.8 Å². The highest BCUT2D eigenvalue weighted by atomic mass is 32.1. The summed E-state index contributed by atoms with van der Waals surface area (Å²) in [4.78, 5) is 13.3. The summed E-state index contributed by atoms with van der Waals surface area (Å²) in [7, 11) is 0. The molecule has 4 nitrogen and oxygen atoms in total. The molecule has 2 amide bonds. The topological polar surface area (TPSA) is 61.4 Å². The highest BCUT2D eigenvalue weighted by molar-refractivity contribution is 7.09. The van der Waals surface area contributed by atoms with Gasteiger partial charge in [-0.25, -0.2) is 4.79 Å². The molecule has 3 N–H and O–H groups in total. The Morgan fingerprint density at radius 2 is 2.29 bits per heavy atom. The summed E-state index contributed by atoms with van der Waals surface area (Å²) in [5, 5.41) is 17.4. The summed E-state index contributed by atoms with van der Waals surface area (Å²) < 4.78 is 0. The Morgan fingerprint density at radius 3 is 3.00 bits per heavy atom. The Kier molecular flexibility index (Phi) is 6.51. The number of carbonyl (C=O) groups excluding carboxylic acids is 1. The monoisotopic (exact) mass is 310 g/mol. The molecule has 2 rings (SSSR count). The van der Waals surface area contributed by atoms with Crippen LogP contribution in [-0.2, 0) is 6.42 Å². The van der Waals surface area contributed by atoms with Crippen molar-refractivity contribution in [3.8, 4) is 0 Å². The van der Waals surface area contributed by atoms with Gasteiger partial charge in [0.05, 0.1) is 0 Å². The first-order chi connectivity index (χ1) is 10.2. The predicted molar refractivity (Wildman–Crippen MR) is 86.6 cm³/mol. The standard InChI is InChI=1S/C16H26N2O2S/c1-12(9-14-6-4-8-21-14)10-17-16(20)18-15-7-3-2-5-13(15)11-19/h4,6,8,12-13,15,19H,2-3,5,7,9-11H2,1H3,(H2,17,18,20). The van der Waals surface area contributed by atoms with Crippen molar-refractivity contribution in [3.63, 3.8) is 0 Å². The third kappa shape index (κ3) is 5.32. The minimum absolute atomic E-state index is 0.0987. The van der Waals surface area contributed by atoms with E-state index >= 15 is 0 Å². The van der Waals surface area contributed by atoms with Crippen LogP contribution in [0.3, 0.4) is 0 Å². The van der Waals surface area contributed by atoms with Crippen molar-refractivity contribution in [1.82, 2.24) is 10.6 Å². The average Bonchev–Trinajstić information content (AvgIpc) is 2.98. The lowest BCUT2D eigenvalue weighted by Crippen LogP contribution is -2.48. The van der Waals surface area contributed by atoms with Crippen LogP contribution in [0.4, 0.5) is 4.79 Å². The van der Waals surface area contributed by atoms with E-state index in [1.54, 1.807) is 11.3 Å². The number of nitrogens with one attached hydrogen (secondary N) is 2. The highest BCUT2D eigenvalue weighted by Gasteiger charge is 2.25. The van der Waals surface area contributed by atoms with E-state index in [2.05, 4.69) is 35.1 Å². The molecule has 3 atom stereocenters. The van der Waals surface area contributed by atoms with Crippen LogP contribution < -0.4 is 10.6 Å². The SMILES string of the molecule is CC(CNC(=O)NC1CCCCC1CO)Cc1cccs1. The molecular weight excluding hydrogens is 284 g/mol. The van der Waals surface area contributed by atoms with Gasteiger partial charge in [-0.3, -0.25) is 0 Å². The lowest BCUT2D eigenvalue weighted by molar-refractivity contribution is 0.153. The van der Waals surface area contributed by atoms with Crippen molar-refractivity contribution in [1.29, 1.82) is 0 Å². The van der Waals surface area contributed by atoms with Gasteiger partial charge in [0, 0.05) is 30.0 Å². The highest BCUT2D eigenvalue weighted by Crippen LogP contribution is 2.23. The first-order valence-corrected chi connectivity index (χ1v) is 8.74. The van der Waals surface area contributed by atoms with Gasteiger partial charge in [-0.05, 0) is 36.6 Å². The fourth-order valence-electron chi connectivity index (χ4n) is 2.95. The maximum Gasteiger partial charge on any atom is 0.315 e. The van der Waals surface area contributed by atoms with Crippen LogP contribution in [0, 0.1) is 11.8 Å². The number of carbonyl (C=O) groups is 1. The second kappa shape index (κ2) is 8.39. The molecule has 1 heterocycles. The van der Waals surface area contributed by atoms with E-state index in [-0.39, 0.29) is 24.6 Å². The molecule has 1 fully saturated rings. The molecule has 1 saturated carbocycles. The second-order valence-corrected chi connectivity index (χ2v) is 7.11. The van der Waals surface area contributed by atoms with Gasteiger partial charge in [0.25, 0.3) is 0 Å². The Balaban J connectivity index is 1.69. The molecular formula is C16H26N2O2S. The van der Waals surface area contributed by atoms with Crippen molar-refractivity contribution in [3.05, 3.63) is 22.4 Å². The maximum absolute atomic E-state index is 12.0. The summed E-state index contributed by atoms with van der Waals surface area (Å²) in [6.45, 7) is 3.00. The zero-order chi connectivity index (χ0) is 15.1. The van der Waals surface area contributed by atoms with Gasteiger partial charge in [0.15, 0.2) is 0 Å². The molecule has 0 spiro atoms. The van der Waals surface area contributed by atoms with Crippen molar-refractivity contribution in [2.45, 2.75) is 45.1 Å². The normalized spacial score (nSPS) is 23.5. The lowest BCUT2D eigenvalue weighted by Gasteiger charge is -2.31. The number of urea groups is 1. The largest absolute Gasteiger partial charge is 0.396 e. The Labute approximate surface area is 131 Å². The van der Waals surface area contributed by atoms with Crippen LogP contribution in [0.15, 0.2) is 17.5 Å². The third-order valence-corrected chi connectivity index (χ3v) is 5.10. The first-order valence-electron chi connectivity index (χ1n) is 7.86. The van der Waals surface area contributed by atoms with E-state index in [0.717, 1.165) is 32.1 Å². The van der Waals surface area contributed by atoms with Crippen LogP contribution >= 0.6 is 11.3 Å². The van der Waals surface area contributed by atoms with Crippen molar-refractivity contribution >= 4 is 17.4 Å². The smallest absolute Gasteiger partial charge is 0.315 e. The summed E-state index contributed by atoms with van der Waals surface area (Å²) in [5.41, 5.74) is 0. The number of aliphatic hydroxyl groups is 1. The van der Waals surface area contributed by atoms with Crippen LogP contribution in [-0.4, -0.2) is 30.3 Å². The number of hydrogen-bond donors (Lipinski definition) is 3. The molecule has 1 aliphatic rings. The van der Waals surface area contributed by atoms with E-state index in [1.807, 2.05) is 0 Å². The Bertz CT molecular complexity index is 422. The van der Waals surface area contributed by atoms with Gasteiger partial charge in [-0.2, -0.15) is 0 Å². The fourth-order valence-corrected chi connectivity index (χ4v) is 3.82. The summed E-state index contributed by atoms with van der Waals surface area (Å²) in [6, 6.07) is 4.22. The molecule has 118 valence electrons. The van der Waals surface area contributed by atoms with Crippen molar-refractivity contribution < 1.29 is 9.90 Å². The number of rotatable bonds is 6. The minimum atomic E-state index is -0.0987. The number of hydrogen-bond acceptors (Lipinski definition) is 3. The van der Waals surface area contributed by atoms with Gasteiger partial charge in [-0.15, -0.1) is 11.3 Å². The summed E-state index contributed by atoms with van der Waals surface area (Å²) in [6.07, 6.45) is 5.28. The molecule has 0 aromatic carbocycles. The molecule has 0 aliphatic heterocycles. The second-order valence-electron chi connectivity index (χ2n) is 6.08. The van der Waals surface area contributed by atoms with Crippen LogP contribution in [0.2, 0.25) is 0 Å². The zero-order valence-corrected chi connectivity index (χ0v) is 13.5. The quantitative estimate of drug-likeness (QED) is 0.756. The van der Waals surface area contributed by atoms with Crippen molar-refractivity contribution in [2.75, 3.05) is 13.2 Å². The zero-order valence-electron chi connectivity index (χ0n) is 12.7. The van der Waals surface area contributed by atoms with Crippen LogP contribution in [0.25, 0.3) is 0 Å². The van der Waals surface area contributed by atoms with Gasteiger partial charge >= 0.3 is 6.03 Å². The maximum atomic E-state index is 12.0. The molecule has 0 saturated heterocycles. The molecule has 21 heavy (non-hydrogen) atoms. The number of aliphatic hydroxyl groups excluding tert-OH is 1. The molecule has 0 radical (unpaired) electrons. The molecule has 1 aliphatic carbocycles. The van der Waals surface area contributed by atoms with Gasteiger partial charge in [0.2, 0.25) is 0 Å². The third-order valence-electron chi connectivity index (χ3n) is 4.20. The summed E-state index contributed by atoms with van der Waals surface area (Å²) >= 11 is 1.76. The molecule has 1 aromatic heterocycles. The van der Waals surface area contributed by atoms with E-state index in [4.69, 9.17) is 0 Å². The number of thiophene rings is 1. The molecule has 3 unspecified atom stereocenters. The fraction of sp³-hybridized carbons (Fsp3) is 0.688. The predicted octanol–water partition coefficient (Wildman–Crippen LogP) is 2.78. The Hall–Kier alpha value is -1.07. The molecule has 1 aromatic rings. The van der Waals surface area contributed by atoms with Gasteiger partial charge in [0.1, 0.15) is 0 Å². The Morgan fingerprint density at radius 1 is 1.48 bits per heavy atom. The first kappa shape index (κ1) is 16.3. The minimum Gasteiger partial charge on any atom is -0.396 e. The molecule has 0 bridgehead atoms. The van der Waals surface area contributed by atoms with Gasteiger partial charge < -0.3 is 15.7 Å². The van der Waals surface area contributed by atoms with E-state index < -0.39 is 0 Å². The van der Waals surface area contributed by atoms with Crippen LogP contribution in [0.1, 0.15) is 37.5 Å². The van der Waals surface area contributed by atoms with E-state index in [0.29, 0.717) is 12.5 Å². The number of amides is 2. The lowest BCUT2D eigenvalue weighted by atomic mass is 9.85. The van der Waals surface area contributed by atoms with E-state index in [9.17, 15) is 9.90 Å². The van der Waals surface area contributed by atoms with Crippen molar-refractivity contribution in [2.24, 2.45) is 11.8 Å². The molecule has 5 heteroatoms. The van der Waals surface area contributed by atoms with E-state index in [1.165, 1.54) is 4.88 Å².